The molecular weight excluding hydrogens is 329 g/mol. The Morgan fingerprint density at radius 3 is 2.48 bits per heavy atom. The lowest BCUT2D eigenvalue weighted by Crippen LogP contribution is -2.08. The summed E-state index contributed by atoms with van der Waals surface area (Å²) in [6.07, 6.45) is 2.27. The van der Waals surface area contributed by atoms with Gasteiger partial charge in [0.15, 0.2) is 0 Å². The second-order valence-electron chi connectivity index (χ2n) is 5.44. The molecule has 0 aliphatic carbocycles. The smallest absolute Gasteiger partial charge is 0.139 e. The van der Waals surface area contributed by atoms with E-state index >= 15 is 0 Å². The number of hydrogen-bond acceptors (Lipinski definition) is 1. The van der Waals surface area contributed by atoms with Crippen LogP contribution < -0.4 is 5.32 Å². The molecular formula is C18H21BrFN. The fraction of sp³-hybridized carbons (Fsp3) is 0.333. The van der Waals surface area contributed by atoms with Crippen LogP contribution in [0.4, 0.5) is 10.1 Å². The largest absolute Gasteiger partial charge is 0.378 e. The predicted octanol–water partition coefficient (Wildman–Crippen LogP) is 6.02. The molecule has 0 aliphatic heterocycles. The van der Waals surface area contributed by atoms with Crippen LogP contribution in [0.25, 0.3) is 0 Å². The lowest BCUT2D eigenvalue weighted by molar-refractivity contribution is 0.620. The summed E-state index contributed by atoms with van der Waals surface area (Å²) in [6, 6.07) is 12.1. The summed E-state index contributed by atoms with van der Waals surface area (Å²) in [5, 5.41) is 3.39. The number of nitrogens with one attached hydrogen (secondary N) is 1. The lowest BCUT2D eigenvalue weighted by Gasteiger charge is -2.18. The van der Waals surface area contributed by atoms with Gasteiger partial charge in [-0.25, -0.2) is 4.39 Å². The quantitative estimate of drug-likeness (QED) is 0.695. The highest BCUT2D eigenvalue weighted by atomic mass is 79.9. The van der Waals surface area contributed by atoms with Gasteiger partial charge in [0.25, 0.3) is 0 Å². The van der Waals surface area contributed by atoms with Crippen molar-refractivity contribution in [1.82, 2.24) is 0 Å². The Kier molecular flexibility index (Phi) is 5.40. The normalized spacial score (nSPS) is 12.2. The molecule has 0 saturated heterocycles. The third kappa shape index (κ3) is 4.07. The van der Waals surface area contributed by atoms with Gasteiger partial charge in [0.2, 0.25) is 0 Å². The van der Waals surface area contributed by atoms with E-state index in [9.17, 15) is 4.39 Å². The van der Waals surface area contributed by atoms with Gasteiger partial charge in [0, 0.05) is 11.7 Å². The van der Waals surface area contributed by atoms with Crippen molar-refractivity contribution in [2.75, 3.05) is 5.32 Å². The van der Waals surface area contributed by atoms with Gasteiger partial charge in [-0.1, -0.05) is 37.6 Å². The van der Waals surface area contributed by atoms with E-state index in [2.05, 4.69) is 59.4 Å². The third-order valence-electron chi connectivity index (χ3n) is 3.66. The van der Waals surface area contributed by atoms with Crippen LogP contribution in [-0.4, -0.2) is 0 Å². The second kappa shape index (κ2) is 7.08. The van der Waals surface area contributed by atoms with Crippen molar-refractivity contribution in [3.05, 3.63) is 63.4 Å². The van der Waals surface area contributed by atoms with Crippen LogP contribution in [0.5, 0.6) is 0 Å². The van der Waals surface area contributed by atoms with Gasteiger partial charge in [-0.15, -0.1) is 0 Å². The average molecular weight is 350 g/mol. The number of anilines is 1. The molecule has 21 heavy (non-hydrogen) atoms. The fourth-order valence-corrected chi connectivity index (χ4v) is 2.84. The van der Waals surface area contributed by atoms with E-state index in [1.807, 2.05) is 6.92 Å². The van der Waals surface area contributed by atoms with E-state index in [-0.39, 0.29) is 11.9 Å². The van der Waals surface area contributed by atoms with Crippen molar-refractivity contribution in [2.24, 2.45) is 0 Å². The zero-order chi connectivity index (χ0) is 15.4. The summed E-state index contributed by atoms with van der Waals surface area (Å²) in [6.45, 7) is 6.25. The third-order valence-corrected chi connectivity index (χ3v) is 4.27. The van der Waals surface area contributed by atoms with Gasteiger partial charge >= 0.3 is 0 Å². The Morgan fingerprint density at radius 1 is 1.19 bits per heavy atom. The first-order chi connectivity index (χ1) is 10.0. The molecule has 0 saturated carbocycles. The zero-order valence-corrected chi connectivity index (χ0v) is 14.3. The molecule has 2 aromatic rings. The minimum absolute atomic E-state index is 0.139. The Morgan fingerprint density at radius 2 is 1.86 bits per heavy atom. The van der Waals surface area contributed by atoms with Gasteiger partial charge in [-0.05, 0) is 65.0 Å². The van der Waals surface area contributed by atoms with Crippen molar-refractivity contribution in [3.8, 4) is 0 Å². The van der Waals surface area contributed by atoms with Crippen LogP contribution in [-0.2, 0) is 6.42 Å². The Labute approximate surface area is 134 Å². The lowest BCUT2D eigenvalue weighted by atomic mass is 10.0. The fourth-order valence-electron chi connectivity index (χ4n) is 2.38. The molecule has 0 heterocycles. The summed E-state index contributed by atoms with van der Waals surface area (Å²) in [5.74, 6) is -0.242. The Hall–Kier alpha value is -1.35. The van der Waals surface area contributed by atoms with Gasteiger partial charge in [0.1, 0.15) is 5.82 Å². The highest BCUT2D eigenvalue weighted by molar-refractivity contribution is 9.10. The van der Waals surface area contributed by atoms with Gasteiger partial charge < -0.3 is 5.32 Å². The molecule has 0 bridgehead atoms. The van der Waals surface area contributed by atoms with E-state index in [1.54, 1.807) is 12.1 Å². The standard InChI is InChI=1S/C18H21BrFN/c1-4-5-14-6-8-15(9-7-14)13(3)21-18-11-17(20)16(19)10-12(18)2/h6-11,13,21H,4-5H2,1-3H3. The number of benzene rings is 2. The molecule has 1 nitrogen and oxygen atoms in total. The van der Waals surface area contributed by atoms with E-state index < -0.39 is 0 Å². The number of halogens is 2. The van der Waals surface area contributed by atoms with Crippen LogP contribution in [0.15, 0.2) is 40.9 Å². The van der Waals surface area contributed by atoms with Gasteiger partial charge in [-0.2, -0.15) is 0 Å². The second-order valence-corrected chi connectivity index (χ2v) is 6.29. The summed E-state index contributed by atoms with van der Waals surface area (Å²) in [7, 11) is 0. The maximum atomic E-state index is 13.7. The number of hydrogen-bond donors (Lipinski definition) is 1. The maximum absolute atomic E-state index is 13.7. The molecule has 0 amide bonds. The van der Waals surface area contributed by atoms with E-state index in [1.165, 1.54) is 11.1 Å². The van der Waals surface area contributed by atoms with Crippen molar-refractivity contribution < 1.29 is 4.39 Å². The topological polar surface area (TPSA) is 12.0 Å². The van der Waals surface area contributed by atoms with Gasteiger partial charge in [0.05, 0.1) is 4.47 Å². The van der Waals surface area contributed by atoms with E-state index in [0.29, 0.717) is 4.47 Å². The number of aryl methyl sites for hydroxylation is 2. The first-order valence-electron chi connectivity index (χ1n) is 7.32. The molecule has 3 heteroatoms. The molecule has 112 valence electrons. The monoisotopic (exact) mass is 349 g/mol. The molecule has 1 N–H and O–H groups in total. The molecule has 0 aromatic heterocycles. The summed E-state index contributed by atoms with van der Waals surface area (Å²) >= 11 is 3.21. The molecule has 0 fully saturated rings. The molecule has 1 unspecified atom stereocenters. The van der Waals surface area contributed by atoms with E-state index in [4.69, 9.17) is 0 Å². The SMILES string of the molecule is CCCc1ccc(C(C)Nc2cc(F)c(Br)cc2C)cc1. The molecule has 0 radical (unpaired) electrons. The van der Waals surface area contributed by atoms with E-state index in [0.717, 1.165) is 24.1 Å². The van der Waals surface area contributed by atoms with Crippen molar-refractivity contribution in [2.45, 2.75) is 39.7 Å². The highest BCUT2D eigenvalue weighted by Gasteiger charge is 2.10. The van der Waals surface area contributed by atoms with Crippen molar-refractivity contribution in [1.29, 1.82) is 0 Å². The average Bonchev–Trinajstić information content (AvgIpc) is 2.46. The van der Waals surface area contributed by atoms with Crippen LogP contribution in [0.2, 0.25) is 0 Å². The zero-order valence-electron chi connectivity index (χ0n) is 12.7. The summed E-state index contributed by atoms with van der Waals surface area (Å²) in [4.78, 5) is 0. The molecule has 0 aliphatic rings. The molecule has 2 aromatic carbocycles. The van der Waals surface area contributed by atoms with Crippen LogP contribution >= 0.6 is 15.9 Å². The molecule has 1 atom stereocenters. The van der Waals surface area contributed by atoms with Crippen LogP contribution in [0.1, 0.15) is 43.0 Å². The molecule has 2 rings (SSSR count). The van der Waals surface area contributed by atoms with Crippen molar-refractivity contribution in [3.63, 3.8) is 0 Å². The minimum Gasteiger partial charge on any atom is -0.378 e. The Balaban J connectivity index is 2.14. The summed E-state index contributed by atoms with van der Waals surface area (Å²) in [5.41, 5.74) is 4.43. The Bertz CT molecular complexity index is 607. The number of rotatable bonds is 5. The summed E-state index contributed by atoms with van der Waals surface area (Å²) < 4.78 is 14.2. The highest BCUT2D eigenvalue weighted by Crippen LogP contribution is 2.27. The molecule has 0 spiro atoms. The van der Waals surface area contributed by atoms with Gasteiger partial charge in [-0.3, -0.25) is 0 Å². The van der Waals surface area contributed by atoms with Crippen LogP contribution in [0, 0.1) is 12.7 Å². The minimum atomic E-state index is -0.242. The van der Waals surface area contributed by atoms with Crippen LogP contribution in [0.3, 0.4) is 0 Å². The first-order valence-corrected chi connectivity index (χ1v) is 8.11. The maximum Gasteiger partial charge on any atom is 0.139 e. The first kappa shape index (κ1) is 16.0. The van der Waals surface area contributed by atoms with Crippen molar-refractivity contribution >= 4 is 21.6 Å². The predicted molar refractivity (Wildman–Crippen MR) is 91.3 cm³/mol.